The first-order chi connectivity index (χ1) is 7.54. The standard InChI is InChI=1S/C11H14FN3O/c1-15(2)3-4-16-8-5-10(12)9(7-13)11(14)6-8/h5-6H,3-4,14H2,1-2H3. The van der Waals surface area contributed by atoms with Gasteiger partial charge < -0.3 is 15.4 Å². The largest absolute Gasteiger partial charge is 0.492 e. The maximum Gasteiger partial charge on any atom is 0.146 e. The normalized spacial score (nSPS) is 10.2. The predicted molar refractivity (Wildman–Crippen MR) is 59.6 cm³/mol. The summed E-state index contributed by atoms with van der Waals surface area (Å²) in [6, 6.07) is 4.33. The molecule has 0 bridgehead atoms. The van der Waals surface area contributed by atoms with Gasteiger partial charge in [-0.1, -0.05) is 0 Å². The van der Waals surface area contributed by atoms with Crippen molar-refractivity contribution >= 4 is 5.69 Å². The van der Waals surface area contributed by atoms with Gasteiger partial charge in [0.1, 0.15) is 29.8 Å². The maximum atomic E-state index is 13.3. The molecule has 0 aliphatic heterocycles. The Hall–Kier alpha value is -1.80. The van der Waals surface area contributed by atoms with Crippen LogP contribution in [0.3, 0.4) is 0 Å². The Kier molecular flexibility index (Phi) is 4.09. The zero-order chi connectivity index (χ0) is 12.1. The van der Waals surface area contributed by atoms with Crippen molar-refractivity contribution in [2.45, 2.75) is 0 Å². The Morgan fingerprint density at radius 2 is 2.19 bits per heavy atom. The summed E-state index contributed by atoms with van der Waals surface area (Å²) in [6.45, 7) is 1.17. The number of likely N-dealkylation sites (N-methyl/N-ethyl adjacent to an activating group) is 1. The summed E-state index contributed by atoms with van der Waals surface area (Å²) in [5.41, 5.74) is 5.47. The average Bonchev–Trinajstić information content (AvgIpc) is 2.16. The Labute approximate surface area is 94.0 Å². The third-order valence-electron chi connectivity index (χ3n) is 2.01. The molecule has 0 heterocycles. The minimum Gasteiger partial charge on any atom is -0.492 e. The minimum absolute atomic E-state index is 0.0994. The summed E-state index contributed by atoms with van der Waals surface area (Å²) in [4.78, 5) is 1.95. The lowest BCUT2D eigenvalue weighted by Gasteiger charge is -2.11. The number of halogens is 1. The molecule has 2 N–H and O–H groups in total. The SMILES string of the molecule is CN(C)CCOc1cc(N)c(C#N)c(F)c1. The van der Waals surface area contributed by atoms with Crippen LogP contribution in [0.5, 0.6) is 5.75 Å². The van der Waals surface area contributed by atoms with Gasteiger partial charge in [-0.2, -0.15) is 5.26 Å². The molecule has 0 saturated heterocycles. The van der Waals surface area contributed by atoms with E-state index in [4.69, 9.17) is 15.7 Å². The number of nitriles is 1. The second-order valence-corrected chi connectivity index (χ2v) is 3.63. The summed E-state index contributed by atoms with van der Waals surface area (Å²) >= 11 is 0. The first kappa shape index (κ1) is 12.3. The number of hydrogen-bond donors (Lipinski definition) is 1. The zero-order valence-corrected chi connectivity index (χ0v) is 9.33. The van der Waals surface area contributed by atoms with Gasteiger partial charge in [0.05, 0.1) is 5.69 Å². The third-order valence-corrected chi connectivity index (χ3v) is 2.01. The van der Waals surface area contributed by atoms with Gasteiger partial charge in [0, 0.05) is 18.7 Å². The van der Waals surface area contributed by atoms with Crippen LogP contribution >= 0.6 is 0 Å². The highest BCUT2D eigenvalue weighted by atomic mass is 19.1. The topological polar surface area (TPSA) is 62.3 Å². The van der Waals surface area contributed by atoms with E-state index in [1.54, 1.807) is 6.07 Å². The van der Waals surface area contributed by atoms with E-state index in [0.717, 1.165) is 6.54 Å². The number of ether oxygens (including phenoxy) is 1. The van der Waals surface area contributed by atoms with E-state index in [9.17, 15) is 4.39 Å². The molecule has 0 atom stereocenters. The van der Waals surface area contributed by atoms with Gasteiger partial charge in [-0.25, -0.2) is 4.39 Å². The van der Waals surface area contributed by atoms with E-state index in [2.05, 4.69) is 0 Å². The highest BCUT2D eigenvalue weighted by Crippen LogP contribution is 2.22. The minimum atomic E-state index is -0.651. The number of benzene rings is 1. The molecule has 0 fully saturated rings. The number of anilines is 1. The molecule has 5 heteroatoms. The van der Waals surface area contributed by atoms with Crippen LogP contribution in [-0.2, 0) is 0 Å². The predicted octanol–water partition coefficient (Wildman–Crippen LogP) is 1.22. The van der Waals surface area contributed by atoms with Crippen LogP contribution < -0.4 is 10.5 Å². The van der Waals surface area contributed by atoms with Crippen LogP contribution in [0.1, 0.15) is 5.56 Å². The van der Waals surface area contributed by atoms with E-state index in [0.29, 0.717) is 12.4 Å². The first-order valence-electron chi connectivity index (χ1n) is 4.81. The lowest BCUT2D eigenvalue weighted by atomic mass is 10.2. The summed E-state index contributed by atoms with van der Waals surface area (Å²) in [7, 11) is 3.83. The Balaban J connectivity index is 2.73. The average molecular weight is 223 g/mol. The van der Waals surface area contributed by atoms with Gasteiger partial charge >= 0.3 is 0 Å². The van der Waals surface area contributed by atoms with Gasteiger partial charge in [0.25, 0.3) is 0 Å². The van der Waals surface area contributed by atoms with Crippen molar-refractivity contribution in [3.05, 3.63) is 23.5 Å². The third kappa shape index (κ3) is 3.11. The molecule has 4 nitrogen and oxygen atoms in total. The molecule has 0 aliphatic carbocycles. The Bertz CT molecular complexity index is 389. The van der Waals surface area contributed by atoms with Crippen LogP contribution in [-0.4, -0.2) is 32.1 Å². The van der Waals surface area contributed by atoms with Gasteiger partial charge in [-0.15, -0.1) is 0 Å². The number of rotatable bonds is 4. The number of nitrogens with two attached hydrogens (primary N) is 1. The van der Waals surface area contributed by atoms with E-state index in [1.807, 2.05) is 19.0 Å². The molecule has 1 aromatic rings. The summed E-state index contributed by atoms with van der Waals surface area (Å²) in [5.74, 6) is -0.307. The molecular formula is C11H14FN3O. The van der Waals surface area contributed by atoms with Gasteiger partial charge in [0.15, 0.2) is 0 Å². The van der Waals surface area contributed by atoms with Crippen molar-refractivity contribution in [2.75, 3.05) is 33.0 Å². The zero-order valence-electron chi connectivity index (χ0n) is 9.33. The summed E-state index contributed by atoms with van der Waals surface area (Å²) in [6.07, 6.45) is 0. The fourth-order valence-corrected chi connectivity index (χ4v) is 1.15. The quantitative estimate of drug-likeness (QED) is 0.779. The first-order valence-corrected chi connectivity index (χ1v) is 4.81. The van der Waals surface area contributed by atoms with Gasteiger partial charge in [-0.3, -0.25) is 0 Å². The molecule has 0 amide bonds. The van der Waals surface area contributed by atoms with Crippen molar-refractivity contribution in [1.82, 2.24) is 4.90 Å². The maximum absolute atomic E-state index is 13.3. The molecule has 86 valence electrons. The molecule has 16 heavy (non-hydrogen) atoms. The molecule has 0 aliphatic rings. The molecular weight excluding hydrogens is 209 g/mol. The van der Waals surface area contributed by atoms with Crippen LogP contribution in [0, 0.1) is 17.1 Å². The van der Waals surface area contributed by atoms with E-state index >= 15 is 0 Å². The highest BCUT2D eigenvalue weighted by Gasteiger charge is 2.08. The number of nitrogen functional groups attached to an aromatic ring is 1. The van der Waals surface area contributed by atoms with Crippen molar-refractivity contribution in [3.8, 4) is 11.8 Å². The second kappa shape index (κ2) is 5.33. The van der Waals surface area contributed by atoms with Gasteiger partial charge in [0.2, 0.25) is 0 Å². The molecule has 0 saturated carbocycles. The van der Waals surface area contributed by atoms with Crippen molar-refractivity contribution in [2.24, 2.45) is 0 Å². The van der Waals surface area contributed by atoms with Crippen LogP contribution in [0.15, 0.2) is 12.1 Å². The molecule has 0 radical (unpaired) electrons. The van der Waals surface area contributed by atoms with Crippen molar-refractivity contribution in [1.29, 1.82) is 5.26 Å². The number of nitrogens with zero attached hydrogens (tertiary/aromatic N) is 2. The fraction of sp³-hybridized carbons (Fsp3) is 0.364. The van der Waals surface area contributed by atoms with Crippen LogP contribution in [0.25, 0.3) is 0 Å². The van der Waals surface area contributed by atoms with E-state index in [1.165, 1.54) is 12.1 Å². The fourth-order valence-electron chi connectivity index (χ4n) is 1.15. The molecule has 0 unspecified atom stereocenters. The Morgan fingerprint density at radius 3 is 2.69 bits per heavy atom. The van der Waals surface area contributed by atoms with Crippen molar-refractivity contribution in [3.63, 3.8) is 0 Å². The molecule has 0 aromatic heterocycles. The molecule has 1 rings (SSSR count). The number of hydrogen-bond acceptors (Lipinski definition) is 4. The lowest BCUT2D eigenvalue weighted by molar-refractivity contribution is 0.260. The summed E-state index contributed by atoms with van der Waals surface area (Å²) in [5, 5.41) is 8.62. The highest BCUT2D eigenvalue weighted by molar-refractivity contribution is 5.57. The second-order valence-electron chi connectivity index (χ2n) is 3.63. The smallest absolute Gasteiger partial charge is 0.146 e. The monoisotopic (exact) mass is 223 g/mol. The van der Waals surface area contributed by atoms with Crippen LogP contribution in [0.4, 0.5) is 10.1 Å². The Morgan fingerprint density at radius 1 is 1.50 bits per heavy atom. The molecule has 0 spiro atoms. The van der Waals surface area contributed by atoms with Crippen molar-refractivity contribution < 1.29 is 9.13 Å². The van der Waals surface area contributed by atoms with Crippen LogP contribution in [0.2, 0.25) is 0 Å². The lowest BCUT2D eigenvalue weighted by Crippen LogP contribution is -2.19. The van der Waals surface area contributed by atoms with E-state index < -0.39 is 5.82 Å². The van der Waals surface area contributed by atoms with Gasteiger partial charge in [-0.05, 0) is 14.1 Å². The molecule has 1 aromatic carbocycles. The summed E-state index contributed by atoms with van der Waals surface area (Å²) < 4.78 is 18.6. The van der Waals surface area contributed by atoms with E-state index in [-0.39, 0.29) is 11.3 Å².